The summed E-state index contributed by atoms with van der Waals surface area (Å²) in [5, 5.41) is 30.3. The van der Waals surface area contributed by atoms with Crippen LogP contribution in [0.4, 0.5) is 0 Å². The first-order valence-corrected chi connectivity index (χ1v) is 15.8. The molecule has 0 aromatic heterocycles. The lowest BCUT2D eigenvalue weighted by Gasteiger charge is -2.59. The number of aliphatic hydroxyl groups excluding tert-OH is 1. The van der Waals surface area contributed by atoms with Gasteiger partial charge >= 0.3 is 11.9 Å². The molecule has 246 valence electrons. The highest BCUT2D eigenvalue weighted by Gasteiger charge is 2.64. The first kappa shape index (κ1) is 34.6. The van der Waals surface area contributed by atoms with Gasteiger partial charge in [-0.3, -0.25) is 10.1 Å². The minimum atomic E-state index is -1.40. The van der Waals surface area contributed by atoms with E-state index in [1.54, 1.807) is 32.2 Å². The van der Waals surface area contributed by atoms with Gasteiger partial charge in [0.05, 0.1) is 37.2 Å². The number of aromatic hydroxyl groups is 1. The molecular formula is C32H45BrO11. The first-order valence-electron chi connectivity index (χ1n) is 15.1. The number of fused-ring (bicyclic) bond motifs is 2. The lowest BCUT2D eigenvalue weighted by atomic mass is 9.66. The van der Waals surface area contributed by atoms with Crippen molar-refractivity contribution in [3.63, 3.8) is 0 Å². The molecule has 1 spiro atoms. The van der Waals surface area contributed by atoms with Gasteiger partial charge in [0.2, 0.25) is 5.79 Å². The van der Waals surface area contributed by atoms with Gasteiger partial charge in [0.1, 0.15) is 23.7 Å². The van der Waals surface area contributed by atoms with E-state index < -0.39 is 53.2 Å². The normalized spacial score (nSPS) is 35.4. The zero-order valence-electron chi connectivity index (χ0n) is 26.4. The quantitative estimate of drug-likeness (QED) is 0.179. The van der Waals surface area contributed by atoms with Crippen molar-refractivity contribution < 1.29 is 53.6 Å². The van der Waals surface area contributed by atoms with E-state index in [4.69, 9.17) is 28.6 Å². The van der Waals surface area contributed by atoms with Gasteiger partial charge in [0, 0.05) is 22.9 Å². The van der Waals surface area contributed by atoms with E-state index in [0.29, 0.717) is 12.8 Å². The lowest BCUT2D eigenvalue weighted by molar-refractivity contribution is -0.403. The molecule has 4 rings (SSSR count). The number of rotatable bonds is 8. The van der Waals surface area contributed by atoms with E-state index in [1.165, 1.54) is 6.92 Å². The van der Waals surface area contributed by atoms with E-state index in [0.717, 1.165) is 16.1 Å². The molecule has 1 aromatic carbocycles. The molecule has 3 N–H and O–H groups in total. The largest absolute Gasteiger partial charge is 0.508 e. The molecule has 1 aromatic rings. The van der Waals surface area contributed by atoms with Crippen molar-refractivity contribution in [2.24, 2.45) is 17.3 Å². The Morgan fingerprint density at radius 2 is 1.84 bits per heavy atom. The summed E-state index contributed by atoms with van der Waals surface area (Å²) in [6, 6.07) is 5.05. The highest BCUT2D eigenvalue weighted by Crippen LogP contribution is 2.57. The molecule has 12 heteroatoms. The van der Waals surface area contributed by atoms with Crippen LogP contribution in [0.15, 0.2) is 34.5 Å². The Balaban J connectivity index is 1.70. The second-order valence-corrected chi connectivity index (χ2v) is 14.2. The van der Waals surface area contributed by atoms with Crippen molar-refractivity contribution in [1.29, 1.82) is 0 Å². The van der Waals surface area contributed by atoms with Gasteiger partial charge in [0.25, 0.3) is 0 Å². The highest BCUT2D eigenvalue weighted by molar-refractivity contribution is 9.10. The fourth-order valence-electron chi connectivity index (χ4n) is 6.81. The van der Waals surface area contributed by atoms with E-state index in [1.807, 2.05) is 20.8 Å². The fraction of sp³-hybridized carbons (Fsp3) is 0.688. The molecule has 0 aliphatic carbocycles. The van der Waals surface area contributed by atoms with Crippen LogP contribution in [0.25, 0.3) is 0 Å². The zero-order valence-corrected chi connectivity index (χ0v) is 28.0. The van der Waals surface area contributed by atoms with Crippen molar-refractivity contribution >= 4 is 27.9 Å². The second kappa shape index (κ2) is 13.3. The number of phenolic OH excluding ortho intramolecular Hbond substituents is 1. The molecule has 0 radical (unpaired) electrons. The second-order valence-electron chi connectivity index (χ2n) is 13.3. The minimum absolute atomic E-state index is 0.00783. The van der Waals surface area contributed by atoms with E-state index in [9.17, 15) is 25.1 Å². The van der Waals surface area contributed by atoms with Gasteiger partial charge < -0.3 is 33.9 Å². The highest BCUT2D eigenvalue weighted by atomic mass is 79.9. The molecule has 44 heavy (non-hydrogen) atoms. The van der Waals surface area contributed by atoms with Gasteiger partial charge in [0.15, 0.2) is 5.60 Å². The summed E-state index contributed by atoms with van der Waals surface area (Å²) >= 11 is 3.56. The number of ether oxygens (including phenoxy) is 5. The summed E-state index contributed by atoms with van der Waals surface area (Å²) in [4.78, 5) is 31.1. The summed E-state index contributed by atoms with van der Waals surface area (Å²) in [5.41, 5.74) is -1.37. The first-order chi connectivity index (χ1) is 20.5. The number of phenols is 1. The van der Waals surface area contributed by atoms with Gasteiger partial charge in [-0.05, 0) is 62.8 Å². The average Bonchev–Trinajstić information content (AvgIpc) is 2.94. The molecule has 11 nitrogen and oxygen atoms in total. The van der Waals surface area contributed by atoms with Crippen LogP contribution in [0.5, 0.6) is 5.75 Å². The Morgan fingerprint density at radius 1 is 1.14 bits per heavy atom. The van der Waals surface area contributed by atoms with Crippen molar-refractivity contribution in [2.45, 2.75) is 116 Å². The summed E-state index contributed by atoms with van der Waals surface area (Å²) in [6.45, 7) is 10.9. The number of carbonyl (C=O) groups excluding carboxylic acids is 2. The van der Waals surface area contributed by atoms with E-state index >= 15 is 0 Å². The maximum Gasteiger partial charge on any atom is 0.334 e. The van der Waals surface area contributed by atoms with E-state index in [-0.39, 0.29) is 48.7 Å². The maximum atomic E-state index is 13.2. The Kier molecular flexibility index (Phi) is 10.4. The third-order valence-corrected chi connectivity index (χ3v) is 10.2. The number of cyclic esters (lactones) is 1. The zero-order chi connectivity index (χ0) is 32.6. The molecule has 3 heterocycles. The number of hydrogen-bond acceptors (Lipinski definition) is 11. The smallest absolute Gasteiger partial charge is 0.334 e. The third kappa shape index (κ3) is 6.95. The van der Waals surface area contributed by atoms with Gasteiger partial charge in [-0.25, -0.2) is 9.68 Å². The summed E-state index contributed by atoms with van der Waals surface area (Å²) in [5.74, 6) is -3.01. The molecule has 0 unspecified atom stereocenters. The predicted molar refractivity (Wildman–Crippen MR) is 161 cm³/mol. The number of halogens is 1. The van der Waals surface area contributed by atoms with Crippen LogP contribution in [0.3, 0.4) is 0 Å². The van der Waals surface area contributed by atoms with Crippen LogP contribution in [0, 0.1) is 17.3 Å². The number of esters is 2. The van der Waals surface area contributed by atoms with Gasteiger partial charge in [-0.2, -0.15) is 0 Å². The number of benzene rings is 1. The van der Waals surface area contributed by atoms with Crippen LogP contribution in [0.1, 0.15) is 85.3 Å². The molecule has 0 saturated carbocycles. The van der Waals surface area contributed by atoms with Crippen molar-refractivity contribution in [1.82, 2.24) is 0 Å². The number of methoxy groups -OCH3 is 1. The van der Waals surface area contributed by atoms with Crippen LogP contribution >= 0.6 is 15.9 Å². The minimum Gasteiger partial charge on any atom is -0.508 e. The number of carbonyl (C=O) groups is 2. The molecule has 3 bridgehead atoms. The monoisotopic (exact) mass is 684 g/mol. The van der Waals surface area contributed by atoms with Crippen molar-refractivity contribution in [3.05, 3.63) is 40.1 Å². The fourth-order valence-corrected chi connectivity index (χ4v) is 7.31. The average molecular weight is 686 g/mol. The Labute approximate surface area is 266 Å². The third-order valence-electron chi connectivity index (χ3n) is 9.47. The van der Waals surface area contributed by atoms with Gasteiger partial charge in [-0.1, -0.05) is 43.6 Å². The van der Waals surface area contributed by atoms with E-state index in [2.05, 4.69) is 22.9 Å². The molecule has 3 aliphatic rings. The van der Waals surface area contributed by atoms with Crippen LogP contribution in [-0.4, -0.2) is 70.3 Å². The Morgan fingerprint density at radius 3 is 2.48 bits per heavy atom. The molecular weight excluding hydrogens is 640 g/mol. The van der Waals surface area contributed by atoms with Crippen LogP contribution in [-0.2, 0) is 38.2 Å². The number of aliphatic hydroxyl groups is 1. The summed E-state index contributed by atoms with van der Waals surface area (Å²) in [6.07, 6.45) is -1.30. The lowest BCUT2D eigenvalue weighted by Crippen LogP contribution is -2.65. The van der Waals surface area contributed by atoms with Gasteiger partial charge in [-0.15, -0.1) is 0 Å². The molecule has 3 aliphatic heterocycles. The standard InChI is InChI=1S/C32H45BrO11/c1-17(8-11-23(39-7)21-12-20(35)9-10-22(21)33)29-18(2)25-15-32(43-29)30(4,5)16-31(6,44-38)26(42-32)14-28(37)40-24(19(3)34)13-27(36)41-25/h9-10,12,14,17-19,23-25,29,34-35,38H,8,11,13,15-16H2,1-7H3/b26-14-/t17-,18-,19+,23-,24+,25-,29+,31-,32-/m0/s1. The molecule has 2 fully saturated rings. The molecule has 0 amide bonds. The summed E-state index contributed by atoms with van der Waals surface area (Å²) in [7, 11) is 1.62. The van der Waals surface area contributed by atoms with Crippen molar-refractivity contribution in [3.8, 4) is 5.75 Å². The van der Waals surface area contributed by atoms with Crippen LogP contribution in [0.2, 0.25) is 0 Å². The Hall–Kier alpha value is -2.22. The number of hydrogen-bond donors (Lipinski definition) is 3. The predicted octanol–water partition coefficient (Wildman–Crippen LogP) is 5.57. The topological polar surface area (TPSA) is 150 Å². The Bertz CT molecular complexity index is 1250. The summed E-state index contributed by atoms with van der Waals surface area (Å²) < 4.78 is 31.6. The van der Waals surface area contributed by atoms with Crippen LogP contribution < -0.4 is 0 Å². The SMILES string of the molecule is CO[C@@H](CC[C@H](C)[C@H]1O[C@]23C[C@H](OC(=O)C[C@H]([C@@H](C)O)OC(=O)/C=C(\O2)[C@@](C)(OO)CC3(C)C)[C@@H]1C)c1cc(O)ccc1Br. The maximum absolute atomic E-state index is 13.2. The molecule has 9 atom stereocenters. The molecule has 2 saturated heterocycles. The van der Waals surface area contributed by atoms with Crippen molar-refractivity contribution in [2.75, 3.05) is 7.11 Å².